The van der Waals surface area contributed by atoms with Crippen LogP contribution in [0.2, 0.25) is 0 Å². The molecular weight excluding hydrogens is 466 g/mol. The van der Waals surface area contributed by atoms with Gasteiger partial charge in [0.2, 0.25) is 0 Å². The molecule has 0 saturated heterocycles. The van der Waals surface area contributed by atoms with Gasteiger partial charge in [0.15, 0.2) is 0 Å². The summed E-state index contributed by atoms with van der Waals surface area (Å²) in [7, 11) is 0. The lowest BCUT2D eigenvalue weighted by atomic mass is 9.48. The molecule has 1 aromatic heterocycles. The smallest absolute Gasteiger partial charge is 0.262 e. The number of aryl methyl sites for hydroxylation is 1. The molecule has 0 unspecified atom stereocenters. The van der Waals surface area contributed by atoms with Crippen LogP contribution in [0.4, 0.5) is 0 Å². The number of hydrogen-bond acceptors (Lipinski definition) is 2. The molecule has 4 aliphatic rings. The summed E-state index contributed by atoms with van der Waals surface area (Å²) < 4.78 is 2.23. The molecule has 194 valence electrons. The Bertz CT molecular complexity index is 1390. The van der Waals surface area contributed by atoms with Crippen LogP contribution in [0.5, 0.6) is 0 Å². The molecule has 1 N–H and O–H groups in total. The van der Waals surface area contributed by atoms with Crippen LogP contribution >= 0.6 is 0 Å². The van der Waals surface area contributed by atoms with Crippen molar-refractivity contribution in [2.45, 2.75) is 70.8 Å². The lowest BCUT2D eigenvalue weighted by molar-refractivity contribution is -0.117. The quantitative estimate of drug-likeness (QED) is 0.282. The predicted octanol–water partition coefficient (Wildman–Crippen LogP) is 7.35. The van der Waals surface area contributed by atoms with Crippen LogP contribution in [-0.4, -0.2) is 10.5 Å². The number of amides is 1. The highest BCUT2D eigenvalue weighted by Crippen LogP contribution is 2.60. The van der Waals surface area contributed by atoms with E-state index in [4.69, 9.17) is 0 Å². The molecule has 0 aliphatic heterocycles. The Morgan fingerprint density at radius 1 is 1.00 bits per heavy atom. The zero-order valence-electron chi connectivity index (χ0n) is 22.7. The van der Waals surface area contributed by atoms with Gasteiger partial charge < -0.3 is 9.88 Å². The van der Waals surface area contributed by atoms with Crippen molar-refractivity contribution in [2.24, 2.45) is 17.8 Å². The molecule has 2 aromatic carbocycles. The molecule has 7 rings (SSSR count). The van der Waals surface area contributed by atoms with Crippen LogP contribution in [-0.2, 0) is 10.2 Å². The summed E-state index contributed by atoms with van der Waals surface area (Å²) >= 11 is 0. The fourth-order valence-corrected chi connectivity index (χ4v) is 8.16. The fraction of sp³-hybridized carbons (Fsp3) is 0.412. The van der Waals surface area contributed by atoms with Gasteiger partial charge in [-0.15, -0.1) is 0 Å². The predicted molar refractivity (Wildman–Crippen MR) is 152 cm³/mol. The van der Waals surface area contributed by atoms with Crippen molar-refractivity contribution in [3.8, 4) is 11.8 Å². The van der Waals surface area contributed by atoms with Crippen molar-refractivity contribution in [2.75, 3.05) is 0 Å². The molecule has 4 nitrogen and oxygen atoms in total. The number of rotatable bonds is 6. The average molecular weight is 504 g/mol. The maximum absolute atomic E-state index is 12.9. The SMILES string of the molecule is Cc1cc(/C=C(/C#N)C(=O)N[C@H](C)c2ccccc2)c(C)n1-c1ccc(C23CC4CC(CC(C4)C2)C3)cc1. The van der Waals surface area contributed by atoms with Crippen molar-refractivity contribution in [3.05, 3.63) is 94.3 Å². The second-order valence-corrected chi connectivity index (χ2v) is 12.2. The first-order valence-electron chi connectivity index (χ1n) is 14.1. The fourth-order valence-electron chi connectivity index (χ4n) is 8.16. The number of benzene rings is 2. The third-order valence-electron chi connectivity index (χ3n) is 9.56. The molecular formula is C34H37N3O. The number of nitrogens with zero attached hydrogens (tertiary/aromatic N) is 2. The van der Waals surface area contributed by atoms with Gasteiger partial charge in [0.05, 0.1) is 6.04 Å². The van der Waals surface area contributed by atoms with Crippen LogP contribution in [0.15, 0.2) is 66.2 Å². The third-order valence-corrected chi connectivity index (χ3v) is 9.56. The number of aromatic nitrogens is 1. The first-order chi connectivity index (χ1) is 18.3. The van der Waals surface area contributed by atoms with E-state index in [0.29, 0.717) is 5.41 Å². The van der Waals surface area contributed by atoms with Gasteiger partial charge in [0.1, 0.15) is 11.6 Å². The monoisotopic (exact) mass is 503 g/mol. The van der Waals surface area contributed by atoms with Gasteiger partial charge in [-0.05, 0) is 123 Å². The minimum absolute atomic E-state index is 0.116. The van der Waals surface area contributed by atoms with Crippen LogP contribution in [0, 0.1) is 42.9 Å². The summed E-state index contributed by atoms with van der Waals surface area (Å²) in [6, 6.07) is 23.1. The summed E-state index contributed by atoms with van der Waals surface area (Å²) in [4.78, 5) is 12.9. The van der Waals surface area contributed by atoms with Crippen LogP contribution in [0.3, 0.4) is 0 Å². The zero-order valence-corrected chi connectivity index (χ0v) is 22.7. The van der Waals surface area contributed by atoms with Crippen molar-refractivity contribution in [1.82, 2.24) is 9.88 Å². The van der Waals surface area contributed by atoms with Crippen LogP contribution in [0.1, 0.15) is 79.6 Å². The minimum Gasteiger partial charge on any atom is -0.345 e. The molecule has 0 radical (unpaired) electrons. The Morgan fingerprint density at radius 3 is 2.18 bits per heavy atom. The van der Waals surface area contributed by atoms with E-state index in [1.807, 2.05) is 37.3 Å². The standard InChI is InChI=1S/C34H37N3O/c1-22-13-29(17-30(21-35)33(38)36-23(2)28-7-5-4-6-8-28)24(3)37(22)32-11-9-31(10-12-32)34-18-25-14-26(19-34)16-27(15-25)20-34/h4-13,17,23,25-27H,14-16,18-20H2,1-3H3,(H,36,38)/b30-17-/t23-,25?,26?,27?,34?/m1/s1. The highest BCUT2D eigenvalue weighted by molar-refractivity contribution is 6.02. The summed E-state index contributed by atoms with van der Waals surface area (Å²) in [5.74, 6) is 2.46. The maximum Gasteiger partial charge on any atom is 0.262 e. The molecule has 0 spiro atoms. The second-order valence-electron chi connectivity index (χ2n) is 12.2. The van der Waals surface area contributed by atoms with Crippen molar-refractivity contribution < 1.29 is 4.79 Å². The molecule has 4 saturated carbocycles. The van der Waals surface area contributed by atoms with Gasteiger partial charge in [-0.3, -0.25) is 4.79 Å². The summed E-state index contributed by atoms with van der Waals surface area (Å²) in [6.07, 6.45) is 10.2. The van der Waals surface area contributed by atoms with Crippen LogP contribution < -0.4 is 5.32 Å². The molecule has 1 atom stereocenters. The van der Waals surface area contributed by atoms with E-state index < -0.39 is 0 Å². The molecule has 1 heterocycles. The topological polar surface area (TPSA) is 57.8 Å². The molecule has 4 heteroatoms. The van der Waals surface area contributed by atoms with Gasteiger partial charge >= 0.3 is 0 Å². The molecule has 4 fully saturated rings. The highest BCUT2D eigenvalue weighted by atomic mass is 16.1. The van der Waals surface area contributed by atoms with Crippen molar-refractivity contribution >= 4 is 12.0 Å². The Labute approximate surface area is 226 Å². The van der Waals surface area contributed by atoms with E-state index in [1.54, 1.807) is 6.08 Å². The summed E-state index contributed by atoms with van der Waals surface area (Å²) in [5.41, 5.74) is 7.19. The van der Waals surface area contributed by atoms with Gasteiger partial charge in [0.25, 0.3) is 5.91 Å². The van der Waals surface area contributed by atoms with E-state index >= 15 is 0 Å². The number of nitriles is 1. The summed E-state index contributed by atoms with van der Waals surface area (Å²) in [5, 5.41) is 12.8. The first-order valence-corrected chi connectivity index (χ1v) is 14.1. The van der Waals surface area contributed by atoms with E-state index in [1.165, 1.54) is 44.1 Å². The maximum atomic E-state index is 12.9. The normalized spacial score (nSPS) is 26.7. The number of hydrogen-bond donors (Lipinski definition) is 1. The lowest BCUT2D eigenvalue weighted by Gasteiger charge is -2.57. The Kier molecular flexibility index (Phi) is 6.26. The molecule has 3 aromatic rings. The van der Waals surface area contributed by atoms with Crippen LogP contribution in [0.25, 0.3) is 11.8 Å². The van der Waals surface area contributed by atoms with E-state index in [0.717, 1.165) is 46.0 Å². The average Bonchev–Trinajstić information content (AvgIpc) is 3.19. The number of carbonyl (C=O) groups excluding carboxylic acids is 1. The third kappa shape index (κ3) is 4.39. The van der Waals surface area contributed by atoms with Gasteiger partial charge in [0, 0.05) is 17.1 Å². The van der Waals surface area contributed by atoms with Gasteiger partial charge in [-0.2, -0.15) is 5.26 Å². The first kappa shape index (κ1) is 24.7. The number of nitrogens with one attached hydrogen (secondary N) is 1. The van der Waals surface area contributed by atoms with E-state index in [9.17, 15) is 10.1 Å². The molecule has 1 amide bonds. The highest BCUT2D eigenvalue weighted by Gasteiger charge is 2.51. The lowest BCUT2D eigenvalue weighted by Crippen LogP contribution is -2.48. The molecule has 4 aliphatic carbocycles. The molecule has 38 heavy (non-hydrogen) atoms. The van der Waals surface area contributed by atoms with E-state index in [-0.39, 0.29) is 17.5 Å². The van der Waals surface area contributed by atoms with Gasteiger partial charge in [-0.25, -0.2) is 0 Å². The minimum atomic E-state index is -0.353. The second kappa shape index (κ2) is 9.62. The largest absolute Gasteiger partial charge is 0.345 e. The zero-order chi connectivity index (χ0) is 26.4. The Morgan fingerprint density at radius 2 is 1.61 bits per heavy atom. The summed E-state index contributed by atoms with van der Waals surface area (Å²) in [6.45, 7) is 6.08. The number of carbonyl (C=O) groups is 1. The van der Waals surface area contributed by atoms with Crippen molar-refractivity contribution in [1.29, 1.82) is 5.26 Å². The van der Waals surface area contributed by atoms with E-state index in [2.05, 4.69) is 60.1 Å². The molecule has 4 bridgehead atoms. The Balaban J connectivity index is 1.23. The van der Waals surface area contributed by atoms with Crippen molar-refractivity contribution in [3.63, 3.8) is 0 Å². The Hall–Kier alpha value is -3.58. The van der Waals surface area contributed by atoms with Gasteiger partial charge in [-0.1, -0.05) is 42.5 Å².